The van der Waals surface area contributed by atoms with Crippen LogP contribution < -0.4 is 5.32 Å². The third-order valence-electron chi connectivity index (χ3n) is 4.37. The van der Waals surface area contributed by atoms with Crippen molar-refractivity contribution in [2.75, 3.05) is 19.8 Å². The summed E-state index contributed by atoms with van der Waals surface area (Å²) in [4.78, 5) is 12.5. The van der Waals surface area contributed by atoms with Gasteiger partial charge in [-0.15, -0.1) is 0 Å². The van der Waals surface area contributed by atoms with E-state index in [0.29, 0.717) is 6.42 Å². The average molecular weight is 466 g/mol. The number of hydrogen-bond donors (Lipinski definition) is 1. The lowest BCUT2D eigenvalue weighted by Crippen LogP contribution is -2.31. The molecular formula is C22H32N3O4PS. The highest BCUT2D eigenvalue weighted by Crippen LogP contribution is 2.50. The fourth-order valence-corrected chi connectivity index (χ4v) is 4.56. The normalized spacial score (nSPS) is 12.0. The first-order chi connectivity index (χ1) is 15.0. The van der Waals surface area contributed by atoms with Crippen LogP contribution >= 0.6 is 6.72 Å². The van der Waals surface area contributed by atoms with Crippen molar-refractivity contribution in [1.82, 2.24) is 5.32 Å². The molecule has 0 aromatic heterocycles. The van der Waals surface area contributed by atoms with Crippen LogP contribution in [-0.2, 0) is 30.2 Å². The van der Waals surface area contributed by atoms with Crippen molar-refractivity contribution in [3.63, 3.8) is 0 Å². The minimum atomic E-state index is -3.15. The number of benzene rings is 1. The largest absolute Gasteiger partial charge is 0.347 e. The minimum Gasteiger partial charge on any atom is -0.347 e. The molecule has 0 saturated carbocycles. The van der Waals surface area contributed by atoms with Gasteiger partial charge in [0.2, 0.25) is 5.91 Å². The van der Waals surface area contributed by atoms with Crippen LogP contribution in [-0.4, -0.2) is 25.7 Å². The van der Waals surface area contributed by atoms with Crippen molar-refractivity contribution in [3.8, 4) is 12.1 Å². The van der Waals surface area contributed by atoms with Crippen LogP contribution in [0.3, 0.4) is 0 Å². The van der Waals surface area contributed by atoms with E-state index in [4.69, 9.17) is 35.9 Å². The summed E-state index contributed by atoms with van der Waals surface area (Å²) >= 11 is 5.43. The smallest absolute Gasteiger partial charge is 0.327 e. The average Bonchev–Trinajstić information content (AvgIpc) is 2.77. The van der Waals surface area contributed by atoms with Gasteiger partial charge in [-0.05, 0) is 23.8 Å². The van der Waals surface area contributed by atoms with Crippen LogP contribution in [0.2, 0.25) is 0 Å². The Balaban J connectivity index is 2.74. The molecule has 1 atom stereocenters. The molecule has 31 heavy (non-hydrogen) atoms. The van der Waals surface area contributed by atoms with E-state index in [9.17, 15) is 4.79 Å². The summed E-state index contributed by atoms with van der Waals surface area (Å²) in [5.41, 5.74) is 0.887. The number of unbranched alkanes of at least 4 members (excludes halogenated alkanes) is 4. The maximum absolute atomic E-state index is 12.5. The molecule has 0 aliphatic heterocycles. The standard InChI is InChI=1S/C22H32N3O4PS/c1-2-3-4-5-9-14-22(26)25-21(20-12-7-6-8-13-20)19-29-30(31,27-17-10-15-23)28-18-11-16-24/h6-8,12-13,21H,2-5,9-11,14,17-19H2,1H3,(H,25,26)/t21-/m0/s1. The first-order valence-electron chi connectivity index (χ1n) is 10.7. The van der Waals surface area contributed by atoms with E-state index in [0.717, 1.165) is 24.8 Å². The van der Waals surface area contributed by atoms with Gasteiger partial charge < -0.3 is 18.9 Å². The molecular weight excluding hydrogens is 433 g/mol. The lowest BCUT2D eigenvalue weighted by molar-refractivity contribution is -0.122. The van der Waals surface area contributed by atoms with E-state index in [2.05, 4.69) is 12.2 Å². The highest BCUT2D eigenvalue weighted by atomic mass is 32.5. The second-order valence-electron chi connectivity index (χ2n) is 6.92. The second kappa shape index (κ2) is 16.8. The Bertz CT molecular complexity index is 740. The fourth-order valence-electron chi connectivity index (χ4n) is 2.75. The number of nitrogens with zero attached hydrogens (tertiary/aromatic N) is 2. The number of carbonyl (C=O) groups is 1. The molecule has 0 aliphatic carbocycles. The third kappa shape index (κ3) is 12.6. The number of nitriles is 2. The maximum Gasteiger partial charge on any atom is 0.327 e. The van der Waals surface area contributed by atoms with Crippen LogP contribution in [0.4, 0.5) is 0 Å². The second-order valence-corrected chi connectivity index (χ2v) is 9.93. The van der Waals surface area contributed by atoms with Crippen molar-refractivity contribution < 1.29 is 18.4 Å². The Morgan fingerprint density at radius 3 is 2.23 bits per heavy atom. The summed E-state index contributed by atoms with van der Waals surface area (Å²) in [5, 5.41) is 20.5. The van der Waals surface area contributed by atoms with E-state index < -0.39 is 12.8 Å². The molecule has 0 unspecified atom stereocenters. The zero-order valence-corrected chi connectivity index (χ0v) is 19.8. The van der Waals surface area contributed by atoms with Crippen LogP contribution in [0, 0.1) is 22.7 Å². The van der Waals surface area contributed by atoms with Crippen molar-refractivity contribution in [2.24, 2.45) is 0 Å². The third-order valence-corrected chi connectivity index (χ3v) is 6.78. The van der Waals surface area contributed by atoms with E-state index in [-0.39, 0.29) is 38.6 Å². The van der Waals surface area contributed by atoms with Crippen LogP contribution in [0.25, 0.3) is 0 Å². The van der Waals surface area contributed by atoms with Crippen molar-refractivity contribution >= 4 is 24.4 Å². The Kier molecular flexibility index (Phi) is 14.8. The molecule has 0 spiro atoms. The van der Waals surface area contributed by atoms with E-state index >= 15 is 0 Å². The maximum atomic E-state index is 12.5. The summed E-state index contributed by atoms with van der Waals surface area (Å²) in [5.74, 6) is -0.0435. The molecule has 1 aromatic carbocycles. The van der Waals surface area contributed by atoms with E-state index in [1.165, 1.54) is 12.8 Å². The topological polar surface area (TPSA) is 104 Å². The summed E-state index contributed by atoms with van der Waals surface area (Å²) in [6.45, 7) is -0.752. The fraction of sp³-hybridized carbons (Fsp3) is 0.591. The molecule has 0 aliphatic rings. The van der Waals surface area contributed by atoms with Crippen molar-refractivity contribution in [1.29, 1.82) is 10.5 Å². The quantitative estimate of drug-likeness (QED) is 0.246. The molecule has 0 fully saturated rings. The molecule has 170 valence electrons. The highest BCUT2D eigenvalue weighted by Gasteiger charge is 2.24. The van der Waals surface area contributed by atoms with E-state index in [1.807, 2.05) is 42.5 Å². The number of nitrogens with one attached hydrogen (secondary N) is 1. The van der Waals surface area contributed by atoms with Gasteiger partial charge in [0.25, 0.3) is 0 Å². The predicted molar refractivity (Wildman–Crippen MR) is 123 cm³/mol. The van der Waals surface area contributed by atoms with E-state index in [1.54, 1.807) is 0 Å². The molecule has 0 saturated heterocycles. The predicted octanol–water partition coefficient (Wildman–Crippen LogP) is 5.31. The van der Waals surface area contributed by atoms with Gasteiger partial charge in [0, 0.05) is 6.42 Å². The van der Waals surface area contributed by atoms with Gasteiger partial charge in [-0.2, -0.15) is 10.5 Å². The molecule has 1 amide bonds. The van der Waals surface area contributed by atoms with Gasteiger partial charge in [-0.25, -0.2) is 0 Å². The Morgan fingerprint density at radius 1 is 1.03 bits per heavy atom. The SMILES string of the molecule is CCCCCCCC(=O)N[C@@H](COP(=S)(OCCC#N)OCCC#N)c1ccccc1. The lowest BCUT2D eigenvalue weighted by atomic mass is 10.1. The molecule has 9 heteroatoms. The molecule has 1 aromatic rings. The number of amides is 1. The molecule has 7 nitrogen and oxygen atoms in total. The Hall–Kier alpha value is -1.80. The van der Waals surface area contributed by atoms with Gasteiger partial charge in [0.15, 0.2) is 0 Å². The van der Waals surface area contributed by atoms with Gasteiger partial charge >= 0.3 is 6.72 Å². The summed E-state index contributed by atoms with van der Waals surface area (Å²) < 4.78 is 16.9. The van der Waals surface area contributed by atoms with Crippen molar-refractivity contribution in [2.45, 2.75) is 64.3 Å². The number of hydrogen-bond acceptors (Lipinski definition) is 7. The van der Waals surface area contributed by atoms with Crippen LogP contribution in [0.5, 0.6) is 0 Å². The molecule has 0 radical (unpaired) electrons. The zero-order chi connectivity index (χ0) is 22.8. The number of carbonyl (C=O) groups excluding carboxylic acids is 1. The van der Waals surface area contributed by atoms with Gasteiger partial charge in [0.1, 0.15) is 0 Å². The van der Waals surface area contributed by atoms with Gasteiger partial charge in [0.05, 0.1) is 50.8 Å². The summed E-state index contributed by atoms with van der Waals surface area (Å²) in [7, 11) is 0. The molecule has 1 rings (SSSR count). The number of rotatable bonds is 17. The summed E-state index contributed by atoms with van der Waals surface area (Å²) in [6.07, 6.45) is 6.13. The molecule has 0 bridgehead atoms. The first kappa shape index (κ1) is 27.2. The van der Waals surface area contributed by atoms with Gasteiger partial charge in [-0.1, -0.05) is 62.9 Å². The Labute approximate surface area is 190 Å². The summed E-state index contributed by atoms with van der Waals surface area (Å²) in [6, 6.07) is 13.1. The van der Waals surface area contributed by atoms with Crippen molar-refractivity contribution in [3.05, 3.63) is 35.9 Å². The van der Waals surface area contributed by atoms with Crippen LogP contribution in [0.15, 0.2) is 30.3 Å². The highest BCUT2D eigenvalue weighted by molar-refractivity contribution is 8.07. The molecule has 0 heterocycles. The lowest BCUT2D eigenvalue weighted by Gasteiger charge is -2.25. The first-order valence-corrected chi connectivity index (χ1v) is 13.2. The minimum absolute atomic E-state index is 0.0435. The van der Waals surface area contributed by atoms with Crippen LogP contribution in [0.1, 0.15) is 69.9 Å². The molecule has 1 N–H and O–H groups in total. The monoisotopic (exact) mass is 465 g/mol. The zero-order valence-electron chi connectivity index (χ0n) is 18.1. The van der Waals surface area contributed by atoms with Gasteiger partial charge in [-0.3, -0.25) is 4.79 Å². The Morgan fingerprint density at radius 2 is 1.65 bits per heavy atom.